The van der Waals surface area contributed by atoms with E-state index in [4.69, 9.17) is 23.2 Å². The zero-order valence-electron chi connectivity index (χ0n) is 9.94. The zero-order chi connectivity index (χ0) is 13.7. The molecule has 0 fully saturated rings. The fourth-order valence-corrected chi connectivity index (χ4v) is 1.82. The van der Waals surface area contributed by atoms with E-state index in [-0.39, 0.29) is 5.91 Å². The van der Waals surface area contributed by atoms with Crippen LogP contribution in [0.2, 0.25) is 10.0 Å². The molecule has 19 heavy (non-hydrogen) atoms. The number of halogens is 2. The summed E-state index contributed by atoms with van der Waals surface area (Å²) in [6.07, 6.45) is 3.16. The van der Waals surface area contributed by atoms with Crippen LogP contribution in [-0.2, 0) is 4.79 Å². The first kappa shape index (κ1) is 13.7. The first-order valence-electron chi connectivity index (χ1n) is 5.64. The van der Waals surface area contributed by atoms with E-state index >= 15 is 0 Å². The molecule has 0 atom stereocenters. The zero-order valence-corrected chi connectivity index (χ0v) is 11.4. The van der Waals surface area contributed by atoms with Gasteiger partial charge in [-0.1, -0.05) is 35.3 Å². The van der Waals surface area contributed by atoms with Crippen molar-refractivity contribution in [3.63, 3.8) is 0 Å². The van der Waals surface area contributed by atoms with Gasteiger partial charge in [0.1, 0.15) is 0 Å². The molecule has 0 aliphatic heterocycles. The lowest BCUT2D eigenvalue weighted by Gasteiger charge is -2.01. The Bertz CT molecular complexity index is 606. The third-order valence-electron chi connectivity index (χ3n) is 2.39. The number of hydrogen-bond acceptors (Lipinski definition) is 1. The van der Waals surface area contributed by atoms with Crippen LogP contribution in [-0.4, -0.2) is 5.91 Å². The van der Waals surface area contributed by atoms with E-state index in [1.54, 1.807) is 42.5 Å². The molecule has 1 N–H and O–H groups in total. The summed E-state index contributed by atoms with van der Waals surface area (Å²) in [5.41, 5.74) is 1.57. The third-order valence-corrected chi connectivity index (χ3v) is 2.87. The Hall–Kier alpha value is -1.77. The van der Waals surface area contributed by atoms with Crippen LogP contribution in [0.5, 0.6) is 0 Å². The Labute approximate surface area is 121 Å². The van der Waals surface area contributed by atoms with Gasteiger partial charge < -0.3 is 5.32 Å². The van der Waals surface area contributed by atoms with Gasteiger partial charge in [-0.15, -0.1) is 0 Å². The van der Waals surface area contributed by atoms with Crippen molar-refractivity contribution < 1.29 is 4.79 Å². The number of nitrogens with one attached hydrogen (secondary N) is 1. The lowest BCUT2D eigenvalue weighted by molar-refractivity contribution is -0.111. The number of amides is 1. The summed E-state index contributed by atoms with van der Waals surface area (Å²) in [5, 5.41) is 4.01. The monoisotopic (exact) mass is 291 g/mol. The van der Waals surface area contributed by atoms with Gasteiger partial charge in [-0.05, 0) is 48.0 Å². The van der Waals surface area contributed by atoms with Crippen LogP contribution >= 0.6 is 23.2 Å². The van der Waals surface area contributed by atoms with Gasteiger partial charge in [-0.3, -0.25) is 4.79 Å². The molecule has 4 heteroatoms. The molecular weight excluding hydrogens is 281 g/mol. The maximum absolute atomic E-state index is 11.7. The number of carbonyl (C=O) groups is 1. The smallest absolute Gasteiger partial charge is 0.248 e. The molecule has 0 unspecified atom stereocenters. The van der Waals surface area contributed by atoms with Gasteiger partial charge in [-0.25, -0.2) is 0 Å². The van der Waals surface area contributed by atoms with Crippen molar-refractivity contribution in [1.82, 2.24) is 0 Å². The highest BCUT2D eigenvalue weighted by atomic mass is 35.5. The second-order valence-electron chi connectivity index (χ2n) is 3.88. The summed E-state index contributed by atoms with van der Waals surface area (Å²) in [4.78, 5) is 11.7. The molecular formula is C15H11Cl2NO. The number of hydrogen-bond donors (Lipinski definition) is 1. The van der Waals surface area contributed by atoms with Gasteiger partial charge in [0.2, 0.25) is 5.91 Å². The molecule has 0 bridgehead atoms. The first-order valence-corrected chi connectivity index (χ1v) is 6.39. The number of carbonyl (C=O) groups excluding carboxylic acids is 1. The van der Waals surface area contributed by atoms with Crippen LogP contribution < -0.4 is 5.32 Å². The normalized spacial score (nSPS) is 10.6. The van der Waals surface area contributed by atoms with Crippen LogP contribution in [0.25, 0.3) is 6.08 Å². The Morgan fingerprint density at radius 1 is 1.00 bits per heavy atom. The second kappa shape index (κ2) is 6.41. The maximum atomic E-state index is 11.7. The highest BCUT2D eigenvalue weighted by molar-refractivity contribution is 6.31. The third kappa shape index (κ3) is 4.43. The van der Waals surface area contributed by atoms with Crippen molar-refractivity contribution in [2.24, 2.45) is 0 Å². The molecule has 96 valence electrons. The van der Waals surface area contributed by atoms with Crippen LogP contribution in [0, 0.1) is 0 Å². The minimum absolute atomic E-state index is 0.206. The molecule has 2 aromatic carbocycles. The van der Waals surface area contributed by atoms with Gasteiger partial charge in [0.25, 0.3) is 0 Å². The summed E-state index contributed by atoms with van der Waals surface area (Å²) < 4.78 is 0. The SMILES string of the molecule is O=C(C=Cc1cccc(Cl)c1)Nc1ccc(Cl)cc1. The van der Waals surface area contributed by atoms with E-state index in [1.807, 2.05) is 12.1 Å². The van der Waals surface area contributed by atoms with E-state index in [1.165, 1.54) is 6.08 Å². The van der Waals surface area contributed by atoms with Crippen molar-refractivity contribution in [2.75, 3.05) is 5.32 Å². The summed E-state index contributed by atoms with van der Waals surface area (Å²) in [6, 6.07) is 14.2. The maximum Gasteiger partial charge on any atom is 0.248 e. The second-order valence-corrected chi connectivity index (χ2v) is 4.76. The van der Waals surface area contributed by atoms with E-state index in [0.29, 0.717) is 15.7 Å². The quantitative estimate of drug-likeness (QED) is 0.820. The summed E-state index contributed by atoms with van der Waals surface area (Å²) in [7, 11) is 0. The molecule has 0 aliphatic carbocycles. The van der Waals surface area contributed by atoms with Crippen LogP contribution in [0.1, 0.15) is 5.56 Å². The minimum atomic E-state index is -0.206. The fourth-order valence-electron chi connectivity index (χ4n) is 1.50. The van der Waals surface area contributed by atoms with Gasteiger partial charge in [0.15, 0.2) is 0 Å². The molecule has 2 nitrogen and oxygen atoms in total. The Balaban J connectivity index is 1.99. The largest absolute Gasteiger partial charge is 0.323 e. The van der Waals surface area contributed by atoms with Crippen LogP contribution in [0.3, 0.4) is 0 Å². The van der Waals surface area contributed by atoms with Gasteiger partial charge in [0, 0.05) is 21.8 Å². The minimum Gasteiger partial charge on any atom is -0.323 e. The van der Waals surface area contributed by atoms with E-state index in [0.717, 1.165) is 5.56 Å². The lowest BCUT2D eigenvalue weighted by atomic mass is 10.2. The average Bonchev–Trinajstić information content (AvgIpc) is 2.39. The Kier molecular flexibility index (Phi) is 4.61. The molecule has 0 aliphatic rings. The molecule has 0 saturated heterocycles. The Morgan fingerprint density at radius 2 is 1.74 bits per heavy atom. The standard InChI is InChI=1S/C15H11Cl2NO/c16-12-5-7-14(8-6-12)18-15(19)9-4-11-2-1-3-13(17)10-11/h1-10H,(H,18,19). The predicted octanol–water partition coefficient (Wildman–Crippen LogP) is 4.65. The van der Waals surface area contributed by atoms with Crippen molar-refractivity contribution in [2.45, 2.75) is 0 Å². The van der Waals surface area contributed by atoms with Crippen molar-refractivity contribution in [3.8, 4) is 0 Å². The number of rotatable bonds is 3. The fraction of sp³-hybridized carbons (Fsp3) is 0. The molecule has 0 spiro atoms. The molecule has 0 aromatic heterocycles. The topological polar surface area (TPSA) is 29.1 Å². The number of anilines is 1. The van der Waals surface area contributed by atoms with E-state index < -0.39 is 0 Å². The van der Waals surface area contributed by atoms with E-state index in [9.17, 15) is 4.79 Å². The molecule has 2 rings (SSSR count). The number of benzene rings is 2. The average molecular weight is 292 g/mol. The van der Waals surface area contributed by atoms with Gasteiger partial charge >= 0.3 is 0 Å². The summed E-state index contributed by atoms with van der Waals surface area (Å²) in [6.45, 7) is 0. The van der Waals surface area contributed by atoms with Gasteiger partial charge in [0.05, 0.1) is 0 Å². The van der Waals surface area contributed by atoms with Crippen molar-refractivity contribution in [3.05, 3.63) is 70.2 Å². The first-order chi connectivity index (χ1) is 9.13. The van der Waals surface area contributed by atoms with Crippen molar-refractivity contribution >= 4 is 40.9 Å². The van der Waals surface area contributed by atoms with Crippen LogP contribution in [0.4, 0.5) is 5.69 Å². The summed E-state index contributed by atoms with van der Waals surface area (Å²) in [5.74, 6) is -0.206. The highest BCUT2D eigenvalue weighted by Crippen LogP contribution is 2.14. The van der Waals surface area contributed by atoms with E-state index in [2.05, 4.69) is 5.32 Å². The highest BCUT2D eigenvalue weighted by Gasteiger charge is 1.97. The summed E-state index contributed by atoms with van der Waals surface area (Å²) >= 11 is 11.6. The Morgan fingerprint density at radius 3 is 2.42 bits per heavy atom. The van der Waals surface area contributed by atoms with Crippen LogP contribution in [0.15, 0.2) is 54.6 Å². The lowest BCUT2D eigenvalue weighted by Crippen LogP contribution is -2.07. The molecule has 2 aromatic rings. The van der Waals surface area contributed by atoms with Gasteiger partial charge in [-0.2, -0.15) is 0 Å². The molecule has 0 radical (unpaired) electrons. The molecule has 1 amide bonds. The van der Waals surface area contributed by atoms with Crippen molar-refractivity contribution in [1.29, 1.82) is 0 Å². The predicted molar refractivity (Wildman–Crippen MR) is 80.6 cm³/mol. The molecule has 0 heterocycles. The molecule has 0 saturated carbocycles.